The lowest BCUT2D eigenvalue weighted by molar-refractivity contribution is -0.133. The van der Waals surface area contributed by atoms with Crippen LogP contribution in [0.1, 0.15) is 43.1 Å². The first-order valence-corrected chi connectivity index (χ1v) is 11.7. The quantitative estimate of drug-likeness (QED) is 0.568. The molecule has 0 spiro atoms. The number of hydrogen-bond acceptors (Lipinski definition) is 7. The number of hydrogen-bond donors (Lipinski definition) is 0. The van der Waals surface area contributed by atoms with Gasteiger partial charge in [0.15, 0.2) is 6.61 Å². The van der Waals surface area contributed by atoms with Gasteiger partial charge in [-0.2, -0.15) is 4.98 Å². The Morgan fingerprint density at radius 3 is 2.61 bits per heavy atom. The van der Waals surface area contributed by atoms with Gasteiger partial charge in [-0.05, 0) is 43.5 Å². The largest absolute Gasteiger partial charge is 0.484 e. The van der Waals surface area contributed by atoms with E-state index in [0.29, 0.717) is 24.8 Å². The highest BCUT2D eigenvalue weighted by Gasteiger charge is 2.24. The Balaban J connectivity index is 1.13. The molecule has 0 unspecified atom stereocenters. The second kappa shape index (κ2) is 9.60. The molecule has 0 atom stereocenters. The second-order valence-electron chi connectivity index (χ2n) is 8.76. The van der Waals surface area contributed by atoms with Crippen LogP contribution >= 0.6 is 0 Å². The number of benzene rings is 1. The van der Waals surface area contributed by atoms with Crippen LogP contribution in [0.4, 0.5) is 5.82 Å². The lowest BCUT2D eigenvalue weighted by Crippen LogP contribution is -2.50. The number of ether oxygens (including phenoxy) is 1. The van der Waals surface area contributed by atoms with Crippen LogP contribution in [0.15, 0.2) is 47.1 Å². The predicted molar refractivity (Wildman–Crippen MR) is 124 cm³/mol. The molecule has 3 heterocycles. The zero-order valence-electron chi connectivity index (χ0n) is 18.9. The monoisotopic (exact) mass is 447 g/mol. The predicted octanol–water partition coefficient (Wildman–Crippen LogP) is 3.83. The Labute approximate surface area is 193 Å². The maximum Gasteiger partial charge on any atom is 0.260 e. The van der Waals surface area contributed by atoms with Crippen LogP contribution in [0.3, 0.4) is 0 Å². The standard InChI is InChI=1S/C25H29N5O3/c1-18-6-2-5-9-21(18)32-17-23(31)30-14-12-29(13-15-30)22-11-10-20(16-26-22)24-27-25(33-28-24)19-7-3-4-8-19/h2,5-6,9-11,16,19H,3-4,7-8,12-15,17H2,1H3. The van der Waals surface area contributed by atoms with Gasteiger partial charge < -0.3 is 19.1 Å². The first kappa shape index (κ1) is 21.4. The maximum absolute atomic E-state index is 12.6. The summed E-state index contributed by atoms with van der Waals surface area (Å²) in [5.74, 6) is 3.40. The molecule has 33 heavy (non-hydrogen) atoms. The van der Waals surface area contributed by atoms with Crippen molar-refractivity contribution >= 4 is 11.7 Å². The molecule has 1 aliphatic heterocycles. The minimum atomic E-state index is 0.0105. The van der Waals surface area contributed by atoms with Crippen molar-refractivity contribution < 1.29 is 14.1 Å². The molecule has 0 N–H and O–H groups in total. The molecule has 1 aliphatic carbocycles. The van der Waals surface area contributed by atoms with Crippen molar-refractivity contribution in [3.63, 3.8) is 0 Å². The average Bonchev–Trinajstić information content (AvgIpc) is 3.56. The normalized spacial score (nSPS) is 16.9. The Hall–Kier alpha value is -3.42. The van der Waals surface area contributed by atoms with E-state index in [1.165, 1.54) is 12.8 Å². The number of aromatic nitrogens is 3. The molecule has 1 saturated heterocycles. The highest BCUT2D eigenvalue weighted by molar-refractivity contribution is 5.78. The van der Waals surface area contributed by atoms with Crippen LogP contribution in [-0.4, -0.2) is 58.7 Å². The van der Waals surface area contributed by atoms with E-state index < -0.39 is 0 Å². The Bertz CT molecular complexity index is 1080. The summed E-state index contributed by atoms with van der Waals surface area (Å²) in [5.41, 5.74) is 1.88. The first-order valence-electron chi connectivity index (χ1n) is 11.7. The van der Waals surface area contributed by atoms with Crippen LogP contribution in [-0.2, 0) is 4.79 Å². The van der Waals surface area contributed by atoms with Crippen molar-refractivity contribution in [2.24, 2.45) is 0 Å². The summed E-state index contributed by atoms with van der Waals surface area (Å²) in [6, 6.07) is 11.7. The number of rotatable bonds is 6. The second-order valence-corrected chi connectivity index (χ2v) is 8.76. The lowest BCUT2D eigenvalue weighted by Gasteiger charge is -2.35. The van der Waals surface area contributed by atoms with E-state index in [1.54, 1.807) is 6.20 Å². The number of anilines is 1. The van der Waals surface area contributed by atoms with E-state index in [-0.39, 0.29) is 12.5 Å². The Morgan fingerprint density at radius 1 is 1.09 bits per heavy atom. The van der Waals surface area contributed by atoms with Gasteiger partial charge in [-0.25, -0.2) is 4.98 Å². The van der Waals surface area contributed by atoms with Gasteiger partial charge in [0.05, 0.1) is 0 Å². The molecule has 8 heteroatoms. The fourth-order valence-corrected chi connectivity index (χ4v) is 4.53. The van der Waals surface area contributed by atoms with Gasteiger partial charge in [0.1, 0.15) is 11.6 Å². The lowest BCUT2D eigenvalue weighted by atomic mass is 10.1. The van der Waals surface area contributed by atoms with Gasteiger partial charge >= 0.3 is 0 Å². The summed E-state index contributed by atoms with van der Waals surface area (Å²) >= 11 is 0. The van der Waals surface area contributed by atoms with Gasteiger partial charge in [-0.3, -0.25) is 4.79 Å². The summed E-state index contributed by atoms with van der Waals surface area (Å²) in [4.78, 5) is 25.8. The van der Waals surface area contributed by atoms with Gasteiger partial charge in [0.2, 0.25) is 11.7 Å². The molecule has 2 fully saturated rings. The molecule has 5 rings (SSSR count). The number of carbonyl (C=O) groups is 1. The van der Waals surface area contributed by atoms with Crippen molar-refractivity contribution in [1.29, 1.82) is 0 Å². The minimum Gasteiger partial charge on any atom is -0.484 e. The van der Waals surface area contributed by atoms with Crippen molar-refractivity contribution in [3.05, 3.63) is 54.0 Å². The molecule has 1 aromatic carbocycles. The molecule has 172 valence electrons. The van der Waals surface area contributed by atoms with Gasteiger partial charge in [-0.1, -0.05) is 36.2 Å². The van der Waals surface area contributed by atoms with Gasteiger partial charge in [0, 0.05) is 43.9 Å². The fraction of sp³-hybridized carbons (Fsp3) is 0.440. The first-order chi connectivity index (χ1) is 16.2. The van der Waals surface area contributed by atoms with Crippen molar-refractivity contribution in [2.75, 3.05) is 37.7 Å². The van der Waals surface area contributed by atoms with E-state index in [2.05, 4.69) is 20.0 Å². The van der Waals surface area contributed by atoms with E-state index in [4.69, 9.17) is 9.26 Å². The summed E-state index contributed by atoms with van der Waals surface area (Å²) in [6.07, 6.45) is 6.53. The van der Waals surface area contributed by atoms with Crippen LogP contribution in [0, 0.1) is 6.92 Å². The van der Waals surface area contributed by atoms with Crippen LogP contribution in [0.5, 0.6) is 5.75 Å². The molecular formula is C25H29N5O3. The van der Waals surface area contributed by atoms with E-state index in [0.717, 1.165) is 54.5 Å². The van der Waals surface area contributed by atoms with Crippen molar-refractivity contribution in [3.8, 4) is 17.1 Å². The van der Waals surface area contributed by atoms with Crippen molar-refractivity contribution in [2.45, 2.75) is 38.5 Å². The van der Waals surface area contributed by atoms with Crippen LogP contribution in [0.25, 0.3) is 11.4 Å². The fourth-order valence-electron chi connectivity index (χ4n) is 4.53. The number of amides is 1. The number of piperazine rings is 1. The highest BCUT2D eigenvalue weighted by atomic mass is 16.5. The Morgan fingerprint density at radius 2 is 1.88 bits per heavy atom. The number of carbonyl (C=O) groups excluding carboxylic acids is 1. The average molecular weight is 448 g/mol. The molecule has 0 bridgehead atoms. The zero-order chi connectivity index (χ0) is 22.6. The summed E-state index contributed by atoms with van der Waals surface area (Å²) in [6.45, 7) is 4.80. The maximum atomic E-state index is 12.6. The molecule has 1 saturated carbocycles. The summed E-state index contributed by atoms with van der Waals surface area (Å²) < 4.78 is 11.2. The van der Waals surface area contributed by atoms with Gasteiger partial charge in [-0.15, -0.1) is 0 Å². The van der Waals surface area contributed by atoms with Crippen molar-refractivity contribution in [1.82, 2.24) is 20.0 Å². The third-order valence-corrected chi connectivity index (χ3v) is 6.55. The Kier molecular flexibility index (Phi) is 6.24. The number of aryl methyl sites for hydroxylation is 1. The van der Waals surface area contributed by atoms with Gasteiger partial charge in [0.25, 0.3) is 5.91 Å². The molecule has 3 aromatic rings. The van der Waals surface area contributed by atoms with Crippen LogP contribution in [0.2, 0.25) is 0 Å². The molecule has 8 nitrogen and oxygen atoms in total. The smallest absolute Gasteiger partial charge is 0.260 e. The minimum absolute atomic E-state index is 0.0105. The molecule has 1 amide bonds. The van der Waals surface area contributed by atoms with Crippen LogP contribution < -0.4 is 9.64 Å². The van der Waals surface area contributed by atoms with E-state index >= 15 is 0 Å². The number of pyridine rings is 1. The SMILES string of the molecule is Cc1ccccc1OCC(=O)N1CCN(c2ccc(-c3noc(C4CCCC4)n3)cn2)CC1. The zero-order valence-corrected chi connectivity index (χ0v) is 18.9. The number of para-hydroxylation sites is 1. The van der Waals surface area contributed by atoms with E-state index in [9.17, 15) is 4.79 Å². The molecular weight excluding hydrogens is 418 g/mol. The third kappa shape index (κ3) is 4.84. The summed E-state index contributed by atoms with van der Waals surface area (Å²) in [5, 5.41) is 4.15. The summed E-state index contributed by atoms with van der Waals surface area (Å²) in [7, 11) is 0. The molecule has 0 radical (unpaired) electrons. The third-order valence-electron chi connectivity index (χ3n) is 6.55. The topological polar surface area (TPSA) is 84.6 Å². The number of nitrogens with zero attached hydrogens (tertiary/aromatic N) is 5. The highest BCUT2D eigenvalue weighted by Crippen LogP contribution is 2.34. The molecule has 2 aromatic heterocycles. The molecule has 2 aliphatic rings. The van der Waals surface area contributed by atoms with E-state index in [1.807, 2.05) is 48.2 Å².